The predicted molar refractivity (Wildman–Crippen MR) is 74.4 cm³/mol. The fraction of sp³-hybridized carbons (Fsp3) is 0.571. The number of aliphatic hydroxyl groups is 1. The van der Waals surface area contributed by atoms with Gasteiger partial charge in [0.15, 0.2) is 0 Å². The van der Waals surface area contributed by atoms with E-state index in [4.69, 9.17) is 4.74 Å². The summed E-state index contributed by atoms with van der Waals surface area (Å²) in [7, 11) is 4.45. The summed E-state index contributed by atoms with van der Waals surface area (Å²) in [5.41, 5.74) is 0.356. The van der Waals surface area contributed by atoms with E-state index in [1.54, 1.807) is 7.11 Å². The molecule has 2 aliphatic rings. The third kappa shape index (κ3) is 1.77. The quantitative estimate of drug-likeness (QED) is 0.830. The summed E-state index contributed by atoms with van der Waals surface area (Å²) in [4.78, 5) is 0. The number of ether oxygens (including phenoxy) is 1. The summed E-state index contributed by atoms with van der Waals surface area (Å²) < 4.78 is 7.54. The average molecular weight is 265 g/mol. The molecule has 1 aromatic carbocycles. The molecule has 1 N–H and O–H groups in total. The van der Waals surface area contributed by atoms with Gasteiger partial charge < -0.3 is 9.84 Å². The third-order valence-corrected chi connectivity index (χ3v) is 4.97. The Labute approximate surface area is 110 Å². The molecule has 0 amide bonds. The first-order chi connectivity index (χ1) is 8.64. The molecular formula is C14H20NO2P. The lowest BCUT2D eigenvalue weighted by atomic mass is 9.76. The summed E-state index contributed by atoms with van der Waals surface area (Å²) in [5, 5.41) is 11.2. The summed E-state index contributed by atoms with van der Waals surface area (Å²) in [6, 6.07) is 7.92. The van der Waals surface area contributed by atoms with Crippen LogP contribution in [-0.2, 0) is 5.60 Å². The number of fused-ring (bicyclic) bond motifs is 2. The van der Waals surface area contributed by atoms with Crippen LogP contribution in [0.5, 0.6) is 5.75 Å². The van der Waals surface area contributed by atoms with Crippen LogP contribution in [0.1, 0.15) is 18.4 Å². The lowest BCUT2D eigenvalue weighted by Gasteiger charge is -2.43. The van der Waals surface area contributed by atoms with Crippen LogP contribution in [0.4, 0.5) is 0 Å². The molecule has 0 spiro atoms. The van der Waals surface area contributed by atoms with E-state index in [0.717, 1.165) is 37.2 Å². The topological polar surface area (TPSA) is 32.7 Å². The minimum atomic E-state index is -0.665. The monoisotopic (exact) mass is 265 g/mol. The van der Waals surface area contributed by atoms with Crippen molar-refractivity contribution in [1.29, 1.82) is 0 Å². The molecule has 0 radical (unpaired) electrons. The first-order valence-electron chi connectivity index (χ1n) is 6.51. The van der Waals surface area contributed by atoms with Crippen LogP contribution in [0.15, 0.2) is 24.3 Å². The first kappa shape index (κ1) is 12.4. The van der Waals surface area contributed by atoms with Crippen molar-refractivity contribution in [3.8, 4) is 5.75 Å². The highest BCUT2D eigenvalue weighted by Gasteiger charge is 2.53. The van der Waals surface area contributed by atoms with Crippen molar-refractivity contribution >= 4 is 9.39 Å². The van der Waals surface area contributed by atoms with E-state index in [0.29, 0.717) is 11.8 Å². The zero-order valence-corrected chi connectivity index (χ0v) is 11.8. The molecule has 3 atom stereocenters. The molecule has 1 aromatic rings. The van der Waals surface area contributed by atoms with Crippen molar-refractivity contribution in [3.63, 3.8) is 0 Å². The van der Waals surface area contributed by atoms with Crippen LogP contribution in [0.2, 0.25) is 0 Å². The van der Waals surface area contributed by atoms with Crippen molar-refractivity contribution in [3.05, 3.63) is 29.8 Å². The number of nitrogens with zero attached hydrogens (tertiary/aromatic N) is 1. The fourth-order valence-corrected chi connectivity index (χ4v) is 4.13. The van der Waals surface area contributed by atoms with Gasteiger partial charge in [-0.25, -0.2) is 0 Å². The SMILES string of the molecule is COc1cccc(C2(O)C3CCC2CN(P)C3)c1. The smallest absolute Gasteiger partial charge is 0.119 e. The molecule has 1 heterocycles. The molecule has 4 heteroatoms. The van der Waals surface area contributed by atoms with Gasteiger partial charge in [-0.1, -0.05) is 21.5 Å². The van der Waals surface area contributed by atoms with Crippen LogP contribution < -0.4 is 4.74 Å². The first-order valence-corrected chi connectivity index (χ1v) is 7.02. The lowest BCUT2D eigenvalue weighted by Crippen LogP contribution is -2.48. The lowest BCUT2D eigenvalue weighted by molar-refractivity contribution is -0.0730. The number of hydrogen-bond acceptors (Lipinski definition) is 3. The van der Waals surface area contributed by atoms with Crippen molar-refractivity contribution in [2.75, 3.05) is 20.2 Å². The molecule has 3 nitrogen and oxygen atoms in total. The molecule has 3 unspecified atom stereocenters. The Morgan fingerprint density at radius 1 is 1.33 bits per heavy atom. The van der Waals surface area contributed by atoms with Crippen LogP contribution in [0, 0.1) is 11.8 Å². The second-order valence-corrected chi connectivity index (χ2v) is 6.21. The Kier molecular flexibility index (Phi) is 3.09. The normalized spacial score (nSPS) is 35.7. The van der Waals surface area contributed by atoms with Crippen molar-refractivity contribution in [1.82, 2.24) is 4.67 Å². The molecule has 98 valence electrons. The molecule has 18 heavy (non-hydrogen) atoms. The summed E-state index contributed by atoms with van der Waals surface area (Å²) in [5.74, 6) is 1.50. The minimum absolute atomic E-state index is 0.334. The van der Waals surface area contributed by atoms with Gasteiger partial charge in [0, 0.05) is 24.9 Å². The van der Waals surface area contributed by atoms with Crippen LogP contribution in [-0.4, -0.2) is 30.0 Å². The zero-order valence-electron chi connectivity index (χ0n) is 10.7. The van der Waals surface area contributed by atoms with E-state index in [9.17, 15) is 5.11 Å². The molecule has 1 saturated heterocycles. The van der Waals surface area contributed by atoms with Gasteiger partial charge in [0.05, 0.1) is 12.7 Å². The average Bonchev–Trinajstić information content (AvgIpc) is 2.58. The summed E-state index contributed by atoms with van der Waals surface area (Å²) >= 11 is 0. The number of benzene rings is 1. The highest BCUT2D eigenvalue weighted by atomic mass is 31.0. The molecule has 2 bridgehead atoms. The zero-order chi connectivity index (χ0) is 12.8. The number of methoxy groups -OCH3 is 1. The molecule has 1 aliphatic heterocycles. The van der Waals surface area contributed by atoms with Crippen LogP contribution in [0.3, 0.4) is 0 Å². The van der Waals surface area contributed by atoms with Gasteiger partial charge in [0.2, 0.25) is 0 Å². The Bertz CT molecular complexity index is 437. The Balaban J connectivity index is 1.99. The van der Waals surface area contributed by atoms with E-state index < -0.39 is 5.60 Å². The van der Waals surface area contributed by atoms with E-state index in [1.165, 1.54) is 0 Å². The largest absolute Gasteiger partial charge is 0.497 e. The number of hydrogen-bond donors (Lipinski definition) is 1. The van der Waals surface area contributed by atoms with Gasteiger partial charge >= 0.3 is 0 Å². The van der Waals surface area contributed by atoms with Crippen molar-refractivity contribution in [2.24, 2.45) is 11.8 Å². The summed E-state index contributed by atoms with van der Waals surface area (Å²) in [6.07, 6.45) is 2.23. The van der Waals surface area contributed by atoms with Crippen LogP contribution in [0.25, 0.3) is 0 Å². The van der Waals surface area contributed by atoms with E-state index >= 15 is 0 Å². The maximum absolute atomic E-state index is 11.2. The standard InChI is InChI=1S/C14H20NO2P/c1-17-13-4-2-3-10(7-13)14(16)11-5-6-12(14)9-15(18)8-11/h2-4,7,11-12,16H,5-6,8-9,18H2,1H3. The van der Waals surface area contributed by atoms with Gasteiger partial charge in [0.1, 0.15) is 5.75 Å². The fourth-order valence-electron chi connectivity index (χ4n) is 3.62. The second kappa shape index (κ2) is 4.48. The van der Waals surface area contributed by atoms with Gasteiger partial charge in [0.25, 0.3) is 0 Å². The second-order valence-electron chi connectivity index (χ2n) is 5.48. The number of piperidine rings is 1. The molecule has 1 saturated carbocycles. The highest BCUT2D eigenvalue weighted by molar-refractivity contribution is 7.13. The maximum Gasteiger partial charge on any atom is 0.119 e. The van der Waals surface area contributed by atoms with E-state index in [2.05, 4.69) is 14.1 Å². The molecule has 1 aliphatic carbocycles. The molecule has 2 fully saturated rings. The number of rotatable bonds is 2. The van der Waals surface area contributed by atoms with Gasteiger partial charge in [-0.05, 0) is 30.5 Å². The van der Waals surface area contributed by atoms with Gasteiger partial charge in [-0.2, -0.15) is 0 Å². The summed E-state index contributed by atoms with van der Waals surface area (Å²) in [6.45, 7) is 1.91. The Morgan fingerprint density at radius 3 is 2.61 bits per heavy atom. The molecule has 0 aromatic heterocycles. The maximum atomic E-state index is 11.2. The highest BCUT2D eigenvalue weighted by Crippen LogP contribution is 2.52. The Morgan fingerprint density at radius 2 is 2.00 bits per heavy atom. The molecular weight excluding hydrogens is 245 g/mol. The van der Waals surface area contributed by atoms with E-state index in [1.807, 2.05) is 24.3 Å². The minimum Gasteiger partial charge on any atom is -0.497 e. The van der Waals surface area contributed by atoms with Crippen molar-refractivity contribution < 1.29 is 9.84 Å². The van der Waals surface area contributed by atoms with Crippen LogP contribution >= 0.6 is 9.39 Å². The van der Waals surface area contributed by atoms with E-state index in [-0.39, 0.29) is 0 Å². The van der Waals surface area contributed by atoms with Gasteiger partial charge in [-0.3, -0.25) is 4.67 Å². The molecule has 3 rings (SSSR count). The Hall–Kier alpha value is -0.630. The predicted octanol–water partition coefficient (Wildman–Crippen LogP) is 2.01. The third-order valence-electron chi connectivity index (χ3n) is 4.55. The van der Waals surface area contributed by atoms with Gasteiger partial charge in [-0.15, -0.1) is 0 Å². The van der Waals surface area contributed by atoms with Crippen molar-refractivity contribution in [2.45, 2.75) is 18.4 Å².